The first-order valence-electron chi connectivity index (χ1n) is 8.84. The van der Waals surface area contributed by atoms with Crippen LogP contribution in [0, 0.1) is 10.1 Å². The molecule has 0 atom stereocenters. The number of nitrogens with one attached hydrogen (secondary N) is 1. The monoisotopic (exact) mass is 414 g/mol. The molecule has 0 radical (unpaired) electrons. The number of rotatable bonds is 7. The minimum absolute atomic E-state index is 0.0199. The second kappa shape index (κ2) is 9.50. The highest BCUT2D eigenvalue weighted by Gasteiger charge is 2.20. The quantitative estimate of drug-likeness (QED) is 0.418. The number of carbonyl (C=O) groups is 3. The Bertz CT molecular complexity index is 970. The normalized spacial score (nSPS) is 10.1. The van der Waals surface area contributed by atoms with Crippen molar-refractivity contribution >= 4 is 34.8 Å². The van der Waals surface area contributed by atoms with E-state index in [1.807, 2.05) is 0 Å². The Labute approximate surface area is 173 Å². The van der Waals surface area contributed by atoms with Gasteiger partial charge in [-0.2, -0.15) is 0 Å². The van der Waals surface area contributed by atoms with E-state index in [0.29, 0.717) is 16.9 Å². The number of ether oxygens (including phenoxy) is 1. The van der Waals surface area contributed by atoms with Crippen LogP contribution in [0.1, 0.15) is 20.7 Å². The molecule has 10 nitrogen and oxygen atoms in total. The number of nitro benzene ring substituents is 1. The number of nitrogens with zero attached hydrogens (tertiary/aromatic N) is 3. The summed E-state index contributed by atoms with van der Waals surface area (Å²) in [6, 6.07) is 10.1. The van der Waals surface area contributed by atoms with Crippen LogP contribution in [0.2, 0.25) is 0 Å². The summed E-state index contributed by atoms with van der Waals surface area (Å²) in [7, 11) is 6.62. The number of hydrogen-bond acceptors (Lipinski definition) is 7. The first-order valence-corrected chi connectivity index (χ1v) is 8.84. The van der Waals surface area contributed by atoms with Gasteiger partial charge in [-0.1, -0.05) is 0 Å². The largest absolute Gasteiger partial charge is 0.452 e. The van der Waals surface area contributed by atoms with Gasteiger partial charge >= 0.3 is 5.97 Å². The van der Waals surface area contributed by atoms with Crippen LogP contribution in [0.25, 0.3) is 0 Å². The molecule has 0 bridgehead atoms. The molecule has 0 saturated carbocycles. The number of benzene rings is 2. The second-order valence-corrected chi connectivity index (χ2v) is 6.75. The summed E-state index contributed by atoms with van der Waals surface area (Å²) in [4.78, 5) is 49.8. The Hall–Kier alpha value is -3.95. The number of non-ortho nitro benzene ring substituents is 1. The number of anilines is 2. The van der Waals surface area contributed by atoms with Crippen LogP contribution in [0.5, 0.6) is 0 Å². The highest BCUT2D eigenvalue weighted by atomic mass is 16.6. The van der Waals surface area contributed by atoms with E-state index in [9.17, 15) is 24.5 Å². The lowest BCUT2D eigenvalue weighted by Crippen LogP contribution is -2.23. The maximum Gasteiger partial charge on any atom is 0.341 e. The average molecular weight is 414 g/mol. The van der Waals surface area contributed by atoms with E-state index in [2.05, 4.69) is 5.32 Å². The summed E-state index contributed by atoms with van der Waals surface area (Å²) < 4.78 is 5.02. The summed E-state index contributed by atoms with van der Waals surface area (Å²) in [5.41, 5.74) is 1.03. The van der Waals surface area contributed by atoms with Crippen molar-refractivity contribution in [3.63, 3.8) is 0 Å². The minimum Gasteiger partial charge on any atom is -0.452 e. The van der Waals surface area contributed by atoms with Crippen molar-refractivity contribution < 1.29 is 24.0 Å². The maximum absolute atomic E-state index is 12.4. The zero-order valence-electron chi connectivity index (χ0n) is 17.0. The van der Waals surface area contributed by atoms with Crippen molar-refractivity contribution in [2.24, 2.45) is 0 Å². The summed E-state index contributed by atoms with van der Waals surface area (Å²) in [6.07, 6.45) is 0. The first-order chi connectivity index (χ1) is 14.1. The molecule has 2 aromatic carbocycles. The molecule has 0 spiro atoms. The number of esters is 1. The Balaban J connectivity index is 2.02. The van der Waals surface area contributed by atoms with Gasteiger partial charge in [-0.05, 0) is 30.3 Å². The molecule has 2 amide bonds. The number of amides is 2. The lowest BCUT2D eigenvalue weighted by atomic mass is 10.1. The van der Waals surface area contributed by atoms with Crippen LogP contribution >= 0.6 is 0 Å². The van der Waals surface area contributed by atoms with E-state index in [1.165, 1.54) is 17.0 Å². The van der Waals surface area contributed by atoms with Crippen LogP contribution < -0.4 is 10.2 Å². The minimum atomic E-state index is -0.857. The van der Waals surface area contributed by atoms with Gasteiger partial charge in [0.1, 0.15) is 0 Å². The van der Waals surface area contributed by atoms with E-state index >= 15 is 0 Å². The molecule has 2 aromatic rings. The fourth-order valence-corrected chi connectivity index (χ4v) is 2.55. The van der Waals surface area contributed by atoms with Gasteiger partial charge in [0, 0.05) is 51.6 Å². The summed E-state index contributed by atoms with van der Waals surface area (Å²) >= 11 is 0. The highest BCUT2D eigenvalue weighted by molar-refractivity contribution is 5.99. The first kappa shape index (κ1) is 22.3. The van der Waals surface area contributed by atoms with Crippen LogP contribution in [0.15, 0.2) is 42.5 Å². The van der Waals surface area contributed by atoms with Gasteiger partial charge in [0.15, 0.2) is 6.61 Å². The molecule has 0 aliphatic heterocycles. The van der Waals surface area contributed by atoms with Crippen molar-refractivity contribution in [2.75, 3.05) is 45.0 Å². The highest BCUT2D eigenvalue weighted by Crippen LogP contribution is 2.25. The van der Waals surface area contributed by atoms with Crippen LogP contribution in [-0.4, -0.2) is 62.4 Å². The zero-order valence-corrected chi connectivity index (χ0v) is 17.0. The van der Waals surface area contributed by atoms with Crippen LogP contribution in [-0.2, 0) is 9.53 Å². The predicted octanol–water partition coefficient (Wildman–Crippen LogP) is 2.16. The number of nitro groups is 1. The average Bonchev–Trinajstić information content (AvgIpc) is 2.71. The van der Waals surface area contributed by atoms with Gasteiger partial charge in [0.2, 0.25) is 0 Å². The molecule has 0 unspecified atom stereocenters. The maximum atomic E-state index is 12.4. The van der Waals surface area contributed by atoms with Gasteiger partial charge in [-0.3, -0.25) is 19.7 Å². The van der Waals surface area contributed by atoms with Crippen LogP contribution in [0.4, 0.5) is 17.1 Å². The van der Waals surface area contributed by atoms with Gasteiger partial charge in [0.25, 0.3) is 17.5 Å². The second-order valence-electron chi connectivity index (χ2n) is 6.75. The lowest BCUT2D eigenvalue weighted by molar-refractivity contribution is -0.384. The molecule has 0 aliphatic carbocycles. The van der Waals surface area contributed by atoms with Crippen molar-refractivity contribution in [2.45, 2.75) is 0 Å². The summed E-state index contributed by atoms with van der Waals surface area (Å²) in [5.74, 6) is -1.62. The molecule has 0 aliphatic rings. The number of carbonyl (C=O) groups excluding carboxylic acids is 3. The zero-order chi connectivity index (χ0) is 22.4. The molecule has 0 fully saturated rings. The third kappa shape index (κ3) is 5.53. The van der Waals surface area contributed by atoms with Crippen molar-refractivity contribution in [1.29, 1.82) is 0 Å². The van der Waals surface area contributed by atoms with E-state index < -0.39 is 23.4 Å². The number of hydrogen-bond donors (Lipinski definition) is 1. The fourth-order valence-electron chi connectivity index (χ4n) is 2.55. The topological polar surface area (TPSA) is 122 Å². The third-order valence-corrected chi connectivity index (χ3v) is 4.05. The van der Waals surface area contributed by atoms with Gasteiger partial charge in [0.05, 0.1) is 16.2 Å². The lowest BCUT2D eigenvalue weighted by Gasteiger charge is -2.16. The standard InChI is InChI=1S/C20H22N4O6/c1-22(2)17-10-9-15(24(28)29)11-16(17)20(27)30-12-18(25)21-14-7-5-13(6-8-14)19(26)23(3)4/h5-11H,12H2,1-4H3,(H,21,25). The van der Waals surface area contributed by atoms with Crippen molar-refractivity contribution in [3.05, 3.63) is 63.7 Å². The molecule has 158 valence electrons. The fraction of sp³-hybridized carbons (Fsp3) is 0.250. The Morgan fingerprint density at radius 1 is 1.03 bits per heavy atom. The molecule has 0 saturated heterocycles. The molecular weight excluding hydrogens is 392 g/mol. The van der Waals surface area contributed by atoms with Gasteiger partial charge in [-0.15, -0.1) is 0 Å². The third-order valence-electron chi connectivity index (χ3n) is 4.05. The smallest absolute Gasteiger partial charge is 0.341 e. The molecule has 10 heteroatoms. The molecule has 1 N–H and O–H groups in total. The molecule has 2 rings (SSSR count). The summed E-state index contributed by atoms with van der Waals surface area (Å²) in [5, 5.41) is 13.5. The molecule has 0 aromatic heterocycles. The molecule has 0 heterocycles. The Kier molecular flexibility index (Phi) is 7.08. The Morgan fingerprint density at radius 2 is 1.67 bits per heavy atom. The molecule has 30 heavy (non-hydrogen) atoms. The van der Waals surface area contributed by atoms with Gasteiger partial charge < -0.3 is 19.9 Å². The molecular formula is C20H22N4O6. The van der Waals surface area contributed by atoms with E-state index in [1.54, 1.807) is 57.4 Å². The Morgan fingerprint density at radius 3 is 2.20 bits per heavy atom. The van der Waals surface area contributed by atoms with Crippen LogP contribution in [0.3, 0.4) is 0 Å². The van der Waals surface area contributed by atoms with Crippen molar-refractivity contribution in [3.8, 4) is 0 Å². The predicted molar refractivity (Wildman–Crippen MR) is 111 cm³/mol. The van der Waals surface area contributed by atoms with Gasteiger partial charge in [-0.25, -0.2) is 4.79 Å². The van der Waals surface area contributed by atoms with E-state index in [-0.39, 0.29) is 17.2 Å². The van der Waals surface area contributed by atoms with E-state index in [4.69, 9.17) is 4.74 Å². The van der Waals surface area contributed by atoms with E-state index in [0.717, 1.165) is 6.07 Å². The summed E-state index contributed by atoms with van der Waals surface area (Å²) in [6.45, 7) is -0.577. The van der Waals surface area contributed by atoms with Crippen molar-refractivity contribution in [1.82, 2.24) is 4.90 Å². The SMILES string of the molecule is CN(C)C(=O)c1ccc(NC(=O)COC(=O)c2cc([N+](=O)[O-])ccc2N(C)C)cc1.